The number of hydrogen-bond donors (Lipinski definition) is 2. The molecule has 0 spiro atoms. The Kier molecular flexibility index (Phi) is 3.48. The second-order valence-corrected chi connectivity index (χ2v) is 6.49. The summed E-state index contributed by atoms with van der Waals surface area (Å²) in [6.45, 7) is 2.07. The van der Waals surface area contributed by atoms with E-state index in [4.69, 9.17) is 10.5 Å². The molecule has 0 aliphatic rings. The van der Waals surface area contributed by atoms with Crippen LogP contribution in [0.1, 0.15) is 5.56 Å². The molecule has 0 aliphatic heterocycles. The van der Waals surface area contributed by atoms with Crippen LogP contribution in [-0.4, -0.2) is 42.3 Å². The van der Waals surface area contributed by atoms with Crippen LogP contribution >= 0.6 is 0 Å². The lowest BCUT2D eigenvalue weighted by molar-refractivity contribution is 0.417. The van der Waals surface area contributed by atoms with E-state index in [-0.39, 0.29) is 0 Å². The highest BCUT2D eigenvalue weighted by Crippen LogP contribution is 2.38. The summed E-state index contributed by atoms with van der Waals surface area (Å²) < 4.78 is 7.27. The third kappa shape index (κ3) is 2.37. The van der Waals surface area contributed by atoms with Crippen LogP contribution in [0.25, 0.3) is 38.9 Å². The van der Waals surface area contributed by atoms with Gasteiger partial charge in [0.05, 0.1) is 7.11 Å². The molecule has 0 saturated carbocycles. The lowest BCUT2D eigenvalue weighted by Crippen LogP contribution is -1.95. The van der Waals surface area contributed by atoms with Crippen LogP contribution in [0.15, 0.2) is 42.7 Å². The smallest absolute Gasteiger partial charge is 0.187 e. The van der Waals surface area contributed by atoms with Gasteiger partial charge in [-0.2, -0.15) is 0 Å². The number of nitrogen functional groups attached to an aromatic ring is 1. The van der Waals surface area contributed by atoms with Crippen LogP contribution in [-0.2, 0) is 0 Å². The average molecular weight is 372 g/mol. The number of H-pyrrole nitrogens is 1. The van der Waals surface area contributed by atoms with E-state index in [0.717, 1.165) is 27.6 Å². The van der Waals surface area contributed by atoms with Crippen LogP contribution < -0.4 is 10.5 Å². The molecule has 9 heteroatoms. The maximum Gasteiger partial charge on any atom is 0.187 e. The van der Waals surface area contributed by atoms with Crippen LogP contribution in [0.5, 0.6) is 5.75 Å². The van der Waals surface area contributed by atoms with Gasteiger partial charge in [0.15, 0.2) is 17.3 Å². The highest BCUT2D eigenvalue weighted by Gasteiger charge is 2.19. The van der Waals surface area contributed by atoms with E-state index in [1.165, 1.54) is 5.56 Å². The first-order valence-corrected chi connectivity index (χ1v) is 8.61. The second-order valence-electron chi connectivity index (χ2n) is 6.49. The number of aromatic nitrogens is 7. The van der Waals surface area contributed by atoms with Gasteiger partial charge >= 0.3 is 0 Å². The number of nitrogens with zero attached hydrogens (tertiary/aromatic N) is 6. The molecule has 0 saturated heterocycles. The number of aryl methyl sites for hydroxylation is 1. The van der Waals surface area contributed by atoms with Gasteiger partial charge in [-0.1, -0.05) is 29.8 Å². The quantitative estimate of drug-likeness (QED) is 0.499. The first kappa shape index (κ1) is 16.2. The Morgan fingerprint density at radius 3 is 2.79 bits per heavy atom. The van der Waals surface area contributed by atoms with Crippen molar-refractivity contribution >= 4 is 22.2 Å². The number of ether oxygens (including phenoxy) is 1. The maximum atomic E-state index is 6.09. The minimum atomic E-state index is 0.295. The SMILES string of the molecule is COc1ccc2ccc(C)cc2c1-c1cnc2c(-c3nnn[nH]3)c(N)nn2c1. The first-order chi connectivity index (χ1) is 13.7. The van der Waals surface area contributed by atoms with Crippen LogP contribution in [0.4, 0.5) is 5.82 Å². The highest BCUT2D eigenvalue weighted by atomic mass is 16.5. The van der Waals surface area contributed by atoms with E-state index < -0.39 is 0 Å². The minimum Gasteiger partial charge on any atom is -0.496 e. The lowest BCUT2D eigenvalue weighted by Gasteiger charge is -2.13. The number of anilines is 1. The highest BCUT2D eigenvalue weighted by molar-refractivity contribution is 6.00. The summed E-state index contributed by atoms with van der Waals surface area (Å²) in [5.41, 5.74) is 10.2. The molecule has 3 aromatic heterocycles. The number of fused-ring (bicyclic) bond motifs is 2. The number of nitrogens with two attached hydrogens (primary N) is 1. The van der Waals surface area contributed by atoms with Gasteiger partial charge in [0, 0.05) is 23.5 Å². The predicted octanol–water partition coefficient (Wildman–Crippen LogP) is 2.63. The van der Waals surface area contributed by atoms with Crippen molar-refractivity contribution in [1.82, 2.24) is 35.2 Å². The van der Waals surface area contributed by atoms with E-state index >= 15 is 0 Å². The molecular weight excluding hydrogens is 356 g/mol. The Balaban J connectivity index is 1.78. The van der Waals surface area contributed by atoms with Gasteiger partial charge in [-0.05, 0) is 34.2 Å². The largest absolute Gasteiger partial charge is 0.496 e. The summed E-state index contributed by atoms with van der Waals surface area (Å²) in [6, 6.07) is 10.3. The van der Waals surface area contributed by atoms with E-state index in [9.17, 15) is 0 Å². The van der Waals surface area contributed by atoms with E-state index in [0.29, 0.717) is 22.9 Å². The van der Waals surface area contributed by atoms with Crippen LogP contribution in [0.3, 0.4) is 0 Å². The molecule has 0 bridgehead atoms. The molecule has 0 amide bonds. The fraction of sp³-hybridized carbons (Fsp3) is 0.105. The number of rotatable bonds is 3. The number of nitrogens with one attached hydrogen (secondary N) is 1. The number of hydrogen-bond acceptors (Lipinski definition) is 7. The third-order valence-corrected chi connectivity index (χ3v) is 4.73. The Labute approximate surface area is 159 Å². The Morgan fingerprint density at radius 1 is 1.14 bits per heavy atom. The van der Waals surface area contributed by atoms with Gasteiger partial charge in [-0.25, -0.2) is 14.6 Å². The molecule has 0 fully saturated rings. The summed E-state index contributed by atoms with van der Waals surface area (Å²) in [6.07, 6.45) is 3.66. The van der Waals surface area contributed by atoms with Crippen LogP contribution in [0.2, 0.25) is 0 Å². The fourth-order valence-corrected chi connectivity index (χ4v) is 3.45. The molecule has 0 unspecified atom stereocenters. The summed E-state index contributed by atoms with van der Waals surface area (Å²) in [7, 11) is 1.66. The van der Waals surface area contributed by atoms with Gasteiger partial charge < -0.3 is 10.5 Å². The molecule has 9 nitrogen and oxygen atoms in total. The Bertz CT molecular complexity index is 1320. The molecule has 5 rings (SSSR count). The fourth-order valence-electron chi connectivity index (χ4n) is 3.45. The zero-order valence-corrected chi connectivity index (χ0v) is 15.2. The monoisotopic (exact) mass is 372 g/mol. The normalized spacial score (nSPS) is 11.4. The Hall–Kier alpha value is -4.01. The second kappa shape index (κ2) is 6.02. The standard InChI is InChI=1S/C19H16N8O/c1-10-3-4-11-5-6-14(28-2)15(13(11)7-10)12-8-21-19-16(18-22-25-26-23-18)17(20)24-27(19)9-12/h3-9H,1-2H3,(H2,20,24)(H,22,23,25,26). The van der Waals surface area contributed by atoms with Gasteiger partial charge in [-0.15, -0.1) is 10.2 Å². The van der Waals surface area contributed by atoms with Crippen LogP contribution in [0, 0.1) is 6.92 Å². The molecule has 28 heavy (non-hydrogen) atoms. The number of tetrazole rings is 1. The van der Waals surface area contributed by atoms with Crippen molar-refractivity contribution in [3.8, 4) is 28.3 Å². The molecule has 0 atom stereocenters. The van der Waals surface area contributed by atoms with Gasteiger partial charge in [-0.3, -0.25) is 0 Å². The third-order valence-electron chi connectivity index (χ3n) is 4.73. The van der Waals surface area contributed by atoms with E-state index in [1.807, 2.05) is 18.3 Å². The van der Waals surface area contributed by atoms with E-state index in [2.05, 4.69) is 55.8 Å². The molecule has 0 aliphatic carbocycles. The Morgan fingerprint density at radius 2 is 2.00 bits per heavy atom. The average Bonchev–Trinajstić information content (AvgIpc) is 3.32. The van der Waals surface area contributed by atoms with Crippen molar-refractivity contribution < 1.29 is 4.74 Å². The molecule has 0 radical (unpaired) electrons. The predicted molar refractivity (Wildman–Crippen MR) is 105 cm³/mol. The summed E-state index contributed by atoms with van der Waals surface area (Å²) in [5.74, 6) is 1.48. The molecular formula is C19H16N8O. The van der Waals surface area contributed by atoms with Crippen molar-refractivity contribution in [2.75, 3.05) is 12.8 Å². The molecule has 5 aromatic rings. The topological polar surface area (TPSA) is 120 Å². The molecule has 2 aromatic carbocycles. The van der Waals surface area contributed by atoms with Gasteiger partial charge in [0.25, 0.3) is 0 Å². The van der Waals surface area contributed by atoms with Crippen molar-refractivity contribution in [2.45, 2.75) is 6.92 Å². The van der Waals surface area contributed by atoms with Crippen molar-refractivity contribution in [2.24, 2.45) is 0 Å². The minimum absolute atomic E-state index is 0.295. The first-order valence-electron chi connectivity index (χ1n) is 8.61. The maximum absolute atomic E-state index is 6.09. The van der Waals surface area contributed by atoms with Crippen molar-refractivity contribution in [1.29, 1.82) is 0 Å². The van der Waals surface area contributed by atoms with Crippen molar-refractivity contribution in [3.63, 3.8) is 0 Å². The molecule has 3 N–H and O–H groups in total. The summed E-state index contributed by atoms with van der Waals surface area (Å²) >= 11 is 0. The van der Waals surface area contributed by atoms with Gasteiger partial charge in [0.2, 0.25) is 0 Å². The number of benzene rings is 2. The lowest BCUT2D eigenvalue weighted by atomic mass is 9.97. The zero-order valence-electron chi connectivity index (χ0n) is 15.2. The van der Waals surface area contributed by atoms with Gasteiger partial charge in [0.1, 0.15) is 11.3 Å². The summed E-state index contributed by atoms with van der Waals surface area (Å²) in [5, 5.41) is 20.4. The van der Waals surface area contributed by atoms with E-state index in [1.54, 1.807) is 17.8 Å². The number of aromatic amines is 1. The molecule has 3 heterocycles. The number of methoxy groups -OCH3 is 1. The molecule has 138 valence electrons. The van der Waals surface area contributed by atoms with Crippen molar-refractivity contribution in [3.05, 3.63) is 48.3 Å². The summed E-state index contributed by atoms with van der Waals surface area (Å²) in [4.78, 5) is 4.59. The zero-order chi connectivity index (χ0) is 19.3.